The van der Waals surface area contributed by atoms with Gasteiger partial charge in [-0.3, -0.25) is 14.5 Å². The molecule has 0 spiro atoms. The largest absolute Gasteiger partial charge is 0.483 e. The Morgan fingerprint density at radius 2 is 1.93 bits per heavy atom. The molecule has 0 bridgehead atoms. The van der Waals surface area contributed by atoms with Gasteiger partial charge in [-0.2, -0.15) is 0 Å². The third-order valence-electron chi connectivity index (χ3n) is 5.65. The summed E-state index contributed by atoms with van der Waals surface area (Å²) < 4.78 is 11.0. The number of nitrogens with one attached hydrogen (secondary N) is 1. The number of benzene rings is 1. The molecule has 3 N–H and O–H groups in total. The Kier molecular flexibility index (Phi) is 7.15. The molecule has 1 heterocycles. The molecule has 8 heteroatoms. The molecule has 0 aromatic heterocycles. The molecular weight excluding hydrogens is 382 g/mol. The molecule has 1 aromatic rings. The molecule has 28 heavy (non-hydrogen) atoms. The predicted molar refractivity (Wildman–Crippen MR) is 107 cm³/mol. The highest BCUT2D eigenvalue weighted by Crippen LogP contribution is 2.33. The first-order chi connectivity index (χ1) is 13.5. The Hall–Kier alpha value is -1.83. The van der Waals surface area contributed by atoms with Crippen LogP contribution in [0.15, 0.2) is 18.2 Å². The fourth-order valence-electron chi connectivity index (χ4n) is 4.13. The van der Waals surface area contributed by atoms with Crippen molar-refractivity contribution in [1.82, 2.24) is 10.2 Å². The third-order valence-corrected chi connectivity index (χ3v) is 5.88. The summed E-state index contributed by atoms with van der Waals surface area (Å²) in [5, 5.41) is 3.42. The molecule has 1 saturated heterocycles. The lowest BCUT2D eigenvalue weighted by Crippen LogP contribution is -2.60. The Morgan fingerprint density at radius 3 is 2.61 bits per heavy atom. The van der Waals surface area contributed by atoms with Crippen molar-refractivity contribution in [1.29, 1.82) is 0 Å². The molecule has 1 saturated carbocycles. The van der Waals surface area contributed by atoms with E-state index in [4.69, 9.17) is 26.8 Å². The van der Waals surface area contributed by atoms with Crippen LogP contribution >= 0.6 is 11.6 Å². The Labute approximate surface area is 170 Å². The van der Waals surface area contributed by atoms with Gasteiger partial charge < -0.3 is 20.5 Å². The monoisotopic (exact) mass is 409 g/mol. The molecule has 3 rings (SSSR count). The van der Waals surface area contributed by atoms with Gasteiger partial charge in [0.05, 0.1) is 18.8 Å². The predicted octanol–water partition coefficient (Wildman–Crippen LogP) is 1.97. The molecule has 7 nitrogen and oxygen atoms in total. The molecule has 154 valence electrons. The third kappa shape index (κ3) is 5.16. The fraction of sp³-hybridized carbons (Fsp3) is 0.600. The van der Waals surface area contributed by atoms with E-state index in [0.717, 1.165) is 39.1 Å². The highest BCUT2D eigenvalue weighted by molar-refractivity contribution is 6.31. The number of hydrogen-bond acceptors (Lipinski definition) is 5. The number of halogens is 1. The van der Waals surface area contributed by atoms with Gasteiger partial charge in [0, 0.05) is 30.2 Å². The summed E-state index contributed by atoms with van der Waals surface area (Å²) in [5.41, 5.74) is 5.51. The minimum atomic E-state index is -0.647. The number of rotatable bonds is 7. The zero-order chi connectivity index (χ0) is 20.0. The topological polar surface area (TPSA) is 93.9 Å². The molecule has 0 radical (unpaired) electrons. The van der Waals surface area contributed by atoms with Gasteiger partial charge in [0.25, 0.3) is 11.8 Å². The number of hydrogen-bond donors (Lipinski definition) is 2. The number of ether oxygens (including phenoxy) is 2. The lowest BCUT2D eigenvalue weighted by atomic mass is 9.79. The van der Waals surface area contributed by atoms with Gasteiger partial charge in [0.1, 0.15) is 5.75 Å². The highest BCUT2D eigenvalue weighted by atomic mass is 35.5. The first kappa shape index (κ1) is 20.9. The van der Waals surface area contributed by atoms with Crippen LogP contribution in [0.4, 0.5) is 0 Å². The van der Waals surface area contributed by atoms with Gasteiger partial charge in [0.15, 0.2) is 6.61 Å². The summed E-state index contributed by atoms with van der Waals surface area (Å²) in [6, 6.07) is 4.58. The van der Waals surface area contributed by atoms with Crippen molar-refractivity contribution < 1.29 is 19.1 Å². The lowest BCUT2D eigenvalue weighted by Gasteiger charge is -2.48. The maximum atomic E-state index is 12.4. The van der Waals surface area contributed by atoms with Crippen molar-refractivity contribution in [3.8, 4) is 5.75 Å². The Morgan fingerprint density at radius 1 is 1.21 bits per heavy atom. The minimum Gasteiger partial charge on any atom is -0.483 e. The van der Waals surface area contributed by atoms with Crippen molar-refractivity contribution >= 4 is 23.4 Å². The lowest BCUT2D eigenvalue weighted by molar-refractivity contribution is -0.124. The highest BCUT2D eigenvalue weighted by Gasteiger charge is 2.38. The van der Waals surface area contributed by atoms with Crippen LogP contribution in [0.3, 0.4) is 0 Å². The van der Waals surface area contributed by atoms with E-state index in [2.05, 4.69) is 10.2 Å². The standard InChI is InChI=1S/C20H28ClN3O4/c21-15-4-5-17(16(12-15)19(22)26)28-13-18(25)23-14-20(6-2-1-3-7-20)24-8-10-27-11-9-24/h4-5,12H,1-3,6-11,13-14H2,(H2,22,26)(H,23,25). The van der Waals surface area contributed by atoms with Crippen LogP contribution in [0.25, 0.3) is 0 Å². The number of amides is 2. The first-order valence-corrected chi connectivity index (χ1v) is 10.2. The van der Waals surface area contributed by atoms with Crippen molar-refractivity contribution in [2.45, 2.75) is 37.6 Å². The molecule has 2 amide bonds. The number of nitrogens with two attached hydrogens (primary N) is 1. The average molecular weight is 410 g/mol. The van der Waals surface area contributed by atoms with E-state index >= 15 is 0 Å². The van der Waals surface area contributed by atoms with Gasteiger partial charge in [-0.1, -0.05) is 30.9 Å². The van der Waals surface area contributed by atoms with Crippen LogP contribution in [0.5, 0.6) is 5.75 Å². The maximum absolute atomic E-state index is 12.4. The fourth-order valence-corrected chi connectivity index (χ4v) is 4.30. The van der Waals surface area contributed by atoms with E-state index in [-0.39, 0.29) is 29.4 Å². The minimum absolute atomic E-state index is 0.00362. The number of carbonyl (C=O) groups is 2. The van der Waals surface area contributed by atoms with Crippen LogP contribution in [-0.2, 0) is 9.53 Å². The summed E-state index contributed by atoms with van der Waals surface area (Å²) in [6.07, 6.45) is 5.76. The molecule has 1 aliphatic heterocycles. The summed E-state index contributed by atoms with van der Waals surface area (Å²) in [5.74, 6) is -0.609. The first-order valence-electron chi connectivity index (χ1n) is 9.82. The second kappa shape index (κ2) is 9.58. The molecule has 2 aliphatic rings. The summed E-state index contributed by atoms with van der Waals surface area (Å²) in [7, 11) is 0. The van der Waals surface area contributed by atoms with E-state index in [1.807, 2.05) is 0 Å². The SMILES string of the molecule is NC(=O)c1cc(Cl)ccc1OCC(=O)NCC1(N2CCOCC2)CCCCC1. The average Bonchev–Trinajstić information content (AvgIpc) is 2.72. The number of morpholine rings is 1. The van der Waals surface area contributed by atoms with Crippen LogP contribution in [0.2, 0.25) is 5.02 Å². The van der Waals surface area contributed by atoms with E-state index in [1.54, 1.807) is 12.1 Å². The number of carbonyl (C=O) groups excluding carboxylic acids is 2. The van der Waals surface area contributed by atoms with Crippen molar-refractivity contribution in [2.24, 2.45) is 5.73 Å². The van der Waals surface area contributed by atoms with Crippen LogP contribution in [0.1, 0.15) is 42.5 Å². The van der Waals surface area contributed by atoms with E-state index < -0.39 is 5.91 Å². The van der Waals surface area contributed by atoms with Crippen LogP contribution < -0.4 is 15.8 Å². The second-order valence-corrected chi connectivity index (χ2v) is 7.89. The van der Waals surface area contributed by atoms with E-state index in [0.29, 0.717) is 11.6 Å². The quantitative estimate of drug-likeness (QED) is 0.718. The van der Waals surface area contributed by atoms with Gasteiger partial charge >= 0.3 is 0 Å². The maximum Gasteiger partial charge on any atom is 0.258 e. The molecular formula is C20H28ClN3O4. The van der Waals surface area contributed by atoms with Gasteiger partial charge in [-0.15, -0.1) is 0 Å². The van der Waals surface area contributed by atoms with Gasteiger partial charge in [0.2, 0.25) is 0 Å². The van der Waals surface area contributed by atoms with Gasteiger partial charge in [-0.05, 0) is 31.0 Å². The Bertz CT molecular complexity index is 701. The Balaban J connectivity index is 1.57. The summed E-state index contributed by atoms with van der Waals surface area (Å²) in [6.45, 7) is 3.70. The summed E-state index contributed by atoms with van der Waals surface area (Å²) in [4.78, 5) is 26.4. The van der Waals surface area contributed by atoms with Gasteiger partial charge in [-0.25, -0.2) is 0 Å². The van der Waals surface area contributed by atoms with E-state index in [9.17, 15) is 9.59 Å². The normalized spacial score (nSPS) is 19.8. The van der Waals surface area contributed by atoms with Crippen LogP contribution in [0, 0.1) is 0 Å². The zero-order valence-electron chi connectivity index (χ0n) is 16.0. The molecule has 2 fully saturated rings. The van der Waals surface area contributed by atoms with Crippen molar-refractivity contribution in [3.63, 3.8) is 0 Å². The smallest absolute Gasteiger partial charge is 0.258 e. The number of nitrogens with zero attached hydrogens (tertiary/aromatic N) is 1. The second-order valence-electron chi connectivity index (χ2n) is 7.45. The number of primary amides is 1. The van der Waals surface area contributed by atoms with Crippen LogP contribution in [-0.4, -0.2) is 61.7 Å². The van der Waals surface area contributed by atoms with Crippen molar-refractivity contribution in [3.05, 3.63) is 28.8 Å². The molecule has 1 aliphatic carbocycles. The zero-order valence-corrected chi connectivity index (χ0v) is 16.8. The molecule has 1 aromatic carbocycles. The van der Waals surface area contributed by atoms with Crippen molar-refractivity contribution in [2.75, 3.05) is 39.5 Å². The van der Waals surface area contributed by atoms with E-state index in [1.165, 1.54) is 25.3 Å². The molecule has 0 unspecified atom stereocenters. The summed E-state index contributed by atoms with van der Waals surface area (Å²) >= 11 is 5.89. The molecule has 0 atom stereocenters.